The van der Waals surface area contributed by atoms with Gasteiger partial charge in [-0.05, 0) is 26.0 Å². The predicted molar refractivity (Wildman–Crippen MR) is 58.0 cm³/mol. The summed E-state index contributed by atoms with van der Waals surface area (Å²) in [6, 6.07) is 3.13. The van der Waals surface area contributed by atoms with E-state index in [0.717, 1.165) is 0 Å². The number of halogens is 1. The number of carbonyl (C=O) groups is 1. The van der Waals surface area contributed by atoms with Gasteiger partial charge in [0.15, 0.2) is 0 Å². The molecule has 0 aliphatic heterocycles. The van der Waals surface area contributed by atoms with Crippen LogP contribution in [0.5, 0.6) is 0 Å². The van der Waals surface area contributed by atoms with Crippen molar-refractivity contribution in [3.8, 4) is 0 Å². The average molecular weight is 229 g/mol. The van der Waals surface area contributed by atoms with Gasteiger partial charge >= 0.3 is 0 Å². The van der Waals surface area contributed by atoms with Crippen LogP contribution in [0.3, 0.4) is 0 Å². The molecule has 0 unspecified atom stereocenters. The SMILES string of the molecule is Cc1cc(C(=O)NC[C@@H](C)O)cc(Cl)n1. The summed E-state index contributed by atoms with van der Waals surface area (Å²) >= 11 is 5.72. The Morgan fingerprint density at radius 2 is 2.33 bits per heavy atom. The number of aliphatic hydroxyl groups is 1. The first-order valence-corrected chi connectivity index (χ1v) is 4.97. The quantitative estimate of drug-likeness (QED) is 0.763. The topological polar surface area (TPSA) is 62.2 Å². The van der Waals surface area contributed by atoms with Crippen molar-refractivity contribution in [3.05, 3.63) is 28.5 Å². The maximum absolute atomic E-state index is 11.5. The van der Waals surface area contributed by atoms with E-state index in [9.17, 15) is 4.79 Å². The molecule has 82 valence electrons. The van der Waals surface area contributed by atoms with Gasteiger partial charge in [0, 0.05) is 17.8 Å². The van der Waals surface area contributed by atoms with Gasteiger partial charge in [-0.1, -0.05) is 11.6 Å². The van der Waals surface area contributed by atoms with Crippen LogP contribution in [0.4, 0.5) is 0 Å². The van der Waals surface area contributed by atoms with E-state index in [1.165, 1.54) is 6.07 Å². The molecule has 2 N–H and O–H groups in total. The van der Waals surface area contributed by atoms with Gasteiger partial charge < -0.3 is 10.4 Å². The molecule has 1 rings (SSSR count). The van der Waals surface area contributed by atoms with Crippen LogP contribution in [0.15, 0.2) is 12.1 Å². The van der Waals surface area contributed by atoms with E-state index in [1.54, 1.807) is 19.9 Å². The first-order valence-electron chi connectivity index (χ1n) is 4.59. The van der Waals surface area contributed by atoms with Crippen molar-refractivity contribution in [1.82, 2.24) is 10.3 Å². The van der Waals surface area contributed by atoms with Crippen LogP contribution in [0.25, 0.3) is 0 Å². The molecule has 1 amide bonds. The van der Waals surface area contributed by atoms with E-state index in [1.807, 2.05) is 0 Å². The fourth-order valence-electron chi connectivity index (χ4n) is 1.10. The largest absolute Gasteiger partial charge is 0.392 e. The molecule has 1 aromatic rings. The Morgan fingerprint density at radius 1 is 1.67 bits per heavy atom. The summed E-state index contributed by atoms with van der Waals surface area (Å²) in [5.74, 6) is -0.261. The highest BCUT2D eigenvalue weighted by Gasteiger charge is 2.08. The van der Waals surface area contributed by atoms with Crippen molar-refractivity contribution in [2.45, 2.75) is 20.0 Å². The maximum Gasteiger partial charge on any atom is 0.251 e. The van der Waals surface area contributed by atoms with Crippen LogP contribution >= 0.6 is 11.6 Å². The highest BCUT2D eigenvalue weighted by atomic mass is 35.5. The van der Waals surface area contributed by atoms with E-state index in [2.05, 4.69) is 10.3 Å². The molecule has 5 heteroatoms. The van der Waals surface area contributed by atoms with Crippen LogP contribution in [0, 0.1) is 6.92 Å². The summed E-state index contributed by atoms with van der Waals surface area (Å²) in [6.07, 6.45) is -0.563. The van der Waals surface area contributed by atoms with Gasteiger partial charge in [0.2, 0.25) is 0 Å². The minimum atomic E-state index is -0.563. The molecular formula is C10H13ClN2O2. The second kappa shape index (κ2) is 5.09. The minimum Gasteiger partial charge on any atom is -0.392 e. The molecule has 4 nitrogen and oxygen atoms in total. The molecule has 1 heterocycles. The molecule has 15 heavy (non-hydrogen) atoms. The Hall–Kier alpha value is -1.13. The summed E-state index contributed by atoms with van der Waals surface area (Å²) in [5.41, 5.74) is 1.14. The normalized spacial score (nSPS) is 12.3. The Morgan fingerprint density at radius 3 is 2.87 bits per heavy atom. The Bertz CT molecular complexity index is 346. The number of nitrogens with one attached hydrogen (secondary N) is 1. The van der Waals surface area contributed by atoms with Crippen LogP contribution in [-0.4, -0.2) is 28.6 Å². The number of amides is 1. The molecular weight excluding hydrogens is 216 g/mol. The third-order valence-electron chi connectivity index (χ3n) is 1.74. The highest BCUT2D eigenvalue weighted by molar-refractivity contribution is 6.29. The Labute approximate surface area is 93.3 Å². The average Bonchev–Trinajstić information content (AvgIpc) is 2.12. The molecule has 0 aromatic carbocycles. The summed E-state index contributed by atoms with van der Waals surface area (Å²) in [4.78, 5) is 15.5. The standard InChI is InChI=1S/C10H13ClN2O2/c1-6-3-8(4-9(11)13-6)10(15)12-5-7(2)14/h3-4,7,14H,5H2,1-2H3,(H,12,15)/t7-/m1/s1. The first kappa shape index (κ1) is 11.9. The molecule has 0 bridgehead atoms. The predicted octanol–water partition coefficient (Wildman–Crippen LogP) is 1.15. The lowest BCUT2D eigenvalue weighted by Crippen LogP contribution is -2.30. The lowest BCUT2D eigenvalue weighted by molar-refractivity contribution is 0.0924. The molecule has 1 atom stereocenters. The number of pyridine rings is 1. The number of rotatable bonds is 3. The van der Waals surface area contributed by atoms with Gasteiger partial charge in [0.1, 0.15) is 5.15 Å². The van der Waals surface area contributed by atoms with Gasteiger partial charge in [0.25, 0.3) is 5.91 Å². The van der Waals surface area contributed by atoms with Gasteiger partial charge in [-0.3, -0.25) is 4.79 Å². The second-order valence-electron chi connectivity index (χ2n) is 3.38. The Kier molecular flexibility index (Phi) is 4.05. The molecule has 0 aliphatic carbocycles. The van der Waals surface area contributed by atoms with Gasteiger partial charge in [-0.2, -0.15) is 0 Å². The molecule has 0 aliphatic rings. The van der Waals surface area contributed by atoms with Gasteiger partial charge in [-0.15, -0.1) is 0 Å². The lowest BCUT2D eigenvalue weighted by atomic mass is 10.2. The number of hydrogen-bond acceptors (Lipinski definition) is 3. The third-order valence-corrected chi connectivity index (χ3v) is 1.94. The van der Waals surface area contributed by atoms with E-state index in [-0.39, 0.29) is 17.6 Å². The van der Waals surface area contributed by atoms with Crippen molar-refractivity contribution >= 4 is 17.5 Å². The molecule has 1 aromatic heterocycles. The maximum atomic E-state index is 11.5. The van der Waals surface area contributed by atoms with Crippen LogP contribution in [-0.2, 0) is 0 Å². The van der Waals surface area contributed by atoms with Crippen molar-refractivity contribution in [1.29, 1.82) is 0 Å². The molecule has 0 saturated heterocycles. The van der Waals surface area contributed by atoms with Crippen molar-refractivity contribution < 1.29 is 9.90 Å². The van der Waals surface area contributed by atoms with Crippen LogP contribution in [0.2, 0.25) is 5.15 Å². The zero-order valence-electron chi connectivity index (χ0n) is 8.62. The number of carbonyl (C=O) groups excluding carboxylic acids is 1. The van der Waals surface area contributed by atoms with E-state index < -0.39 is 6.10 Å². The molecule has 0 fully saturated rings. The summed E-state index contributed by atoms with van der Waals surface area (Å²) in [5, 5.41) is 11.9. The zero-order chi connectivity index (χ0) is 11.4. The summed E-state index contributed by atoms with van der Waals surface area (Å²) < 4.78 is 0. The van der Waals surface area contributed by atoms with Crippen LogP contribution < -0.4 is 5.32 Å². The fraction of sp³-hybridized carbons (Fsp3) is 0.400. The van der Waals surface area contributed by atoms with Crippen molar-refractivity contribution in [2.75, 3.05) is 6.54 Å². The number of aromatic nitrogens is 1. The summed E-state index contributed by atoms with van der Waals surface area (Å²) in [7, 11) is 0. The van der Waals surface area contributed by atoms with E-state index >= 15 is 0 Å². The second-order valence-corrected chi connectivity index (χ2v) is 3.77. The van der Waals surface area contributed by atoms with Crippen molar-refractivity contribution in [2.24, 2.45) is 0 Å². The molecule has 0 saturated carbocycles. The monoisotopic (exact) mass is 228 g/mol. The lowest BCUT2D eigenvalue weighted by Gasteiger charge is -2.07. The number of nitrogens with zero attached hydrogens (tertiary/aromatic N) is 1. The highest BCUT2D eigenvalue weighted by Crippen LogP contribution is 2.10. The first-order chi connectivity index (χ1) is 6.99. The number of aryl methyl sites for hydroxylation is 1. The van der Waals surface area contributed by atoms with E-state index in [0.29, 0.717) is 11.3 Å². The van der Waals surface area contributed by atoms with Gasteiger partial charge in [-0.25, -0.2) is 4.98 Å². The molecule has 0 radical (unpaired) electrons. The summed E-state index contributed by atoms with van der Waals surface area (Å²) in [6.45, 7) is 3.58. The third kappa shape index (κ3) is 3.85. The minimum absolute atomic E-state index is 0.220. The van der Waals surface area contributed by atoms with Gasteiger partial charge in [0.05, 0.1) is 6.10 Å². The number of hydrogen-bond donors (Lipinski definition) is 2. The smallest absolute Gasteiger partial charge is 0.251 e. The fourth-order valence-corrected chi connectivity index (χ4v) is 1.35. The zero-order valence-corrected chi connectivity index (χ0v) is 9.38. The van der Waals surface area contributed by atoms with E-state index in [4.69, 9.17) is 16.7 Å². The number of aliphatic hydroxyl groups excluding tert-OH is 1. The Balaban J connectivity index is 2.73. The molecule has 0 spiro atoms. The van der Waals surface area contributed by atoms with Crippen molar-refractivity contribution in [3.63, 3.8) is 0 Å². The van der Waals surface area contributed by atoms with Crippen LogP contribution in [0.1, 0.15) is 23.0 Å².